The maximum absolute atomic E-state index is 11.8. The van der Waals surface area contributed by atoms with Gasteiger partial charge in [0.25, 0.3) is 5.91 Å². The first-order chi connectivity index (χ1) is 8.75. The highest BCUT2D eigenvalue weighted by Gasteiger charge is 2.11. The lowest BCUT2D eigenvalue weighted by atomic mass is 10.2. The van der Waals surface area contributed by atoms with Gasteiger partial charge in [-0.25, -0.2) is 0 Å². The average Bonchev–Trinajstić information content (AvgIpc) is 2.40. The molecule has 1 aromatic rings. The largest absolute Gasteiger partial charge is 1.00 e. The minimum atomic E-state index is -0.0861. The monoisotopic (exact) mass is 348 g/mol. The van der Waals surface area contributed by atoms with Crippen molar-refractivity contribution in [2.24, 2.45) is 0 Å². The number of amides is 1. The molecule has 0 radical (unpaired) electrons. The average molecular weight is 350 g/mol. The summed E-state index contributed by atoms with van der Waals surface area (Å²) in [7, 11) is 0. The first kappa shape index (κ1) is 16.4. The second-order valence-corrected chi connectivity index (χ2v) is 5.02. The van der Waals surface area contributed by atoms with E-state index in [4.69, 9.17) is 4.74 Å². The van der Waals surface area contributed by atoms with E-state index in [2.05, 4.69) is 31.1 Å². The number of carbonyl (C=O) groups excluding carboxylic acids is 1. The standard InChI is InChI=1S/C12H16BrN3O2.ClH/c13-11-7-10(8-14-9-11)12(17)15-1-2-16-3-5-18-6-4-16;/h7-9H,1-6H2,(H,15,17);1H/p-1. The third kappa shape index (κ3) is 5.44. The lowest BCUT2D eigenvalue weighted by Crippen LogP contribution is -3.00. The molecule has 0 unspecified atom stereocenters. The predicted molar refractivity (Wildman–Crippen MR) is 71.5 cm³/mol. The van der Waals surface area contributed by atoms with Crippen molar-refractivity contribution in [3.8, 4) is 0 Å². The molecule has 0 atom stereocenters. The molecule has 1 saturated heterocycles. The number of hydrogen-bond donors (Lipinski definition) is 1. The zero-order chi connectivity index (χ0) is 12.8. The van der Waals surface area contributed by atoms with Crippen molar-refractivity contribution in [2.75, 3.05) is 39.4 Å². The molecule has 1 aromatic heterocycles. The molecule has 0 spiro atoms. The molecule has 2 rings (SSSR count). The van der Waals surface area contributed by atoms with Crippen molar-refractivity contribution in [1.29, 1.82) is 0 Å². The van der Waals surface area contributed by atoms with Crippen LogP contribution in [0.5, 0.6) is 0 Å². The van der Waals surface area contributed by atoms with E-state index in [-0.39, 0.29) is 18.3 Å². The minimum absolute atomic E-state index is 0. The van der Waals surface area contributed by atoms with Gasteiger partial charge in [-0.15, -0.1) is 0 Å². The molecule has 106 valence electrons. The summed E-state index contributed by atoms with van der Waals surface area (Å²) in [5, 5.41) is 2.89. The summed E-state index contributed by atoms with van der Waals surface area (Å²) in [4.78, 5) is 18.1. The second-order valence-electron chi connectivity index (χ2n) is 4.10. The third-order valence-corrected chi connectivity index (χ3v) is 3.22. The van der Waals surface area contributed by atoms with Gasteiger partial charge in [-0.1, -0.05) is 0 Å². The first-order valence-corrected chi connectivity index (χ1v) is 6.74. The van der Waals surface area contributed by atoms with Gasteiger partial charge in [0.1, 0.15) is 0 Å². The van der Waals surface area contributed by atoms with Crippen LogP contribution in [0, 0.1) is 0 Å². The Morgan fingerprint density at radius 2 is 2.16 bits per heavy atom. The molecule has 1 amide bonds. The Bertz CT molecular complexity index is 414. The van der Waals surface area contributed by atoms with Crippen LogP contribution >= 0.6 is 15.9 Å². The summed E-state index contributed by atoms with van der Waals surface area (Å²) in [6.45, 7) is 4.94. The zero-order valence-corrected chi connectivity index (χ0v) is 12.8. The van der Waals surface area contributed by atoms with Crippen LogP contribution in [0.4, 0.5) is 0 Å². The van der Waals surface area contributed by atoms with Crippen LogP contribution in [0.1, 0.15) is 10.4 Å². The minimum Gasteiger partial charge on any atom is -1.00 e. The number of ether oxygens (including phenoxy) is 1. The van der Waals surface area contributed by atoms with Crippen LogP contribution < -0.4 is 17.7 Å². The SMILES string of the molecule is O=C(NCCN1CCOCC1)c1cncc(Br)c1.[Cl-]. The summed E-state index contributed by atoms with van der Waals surface area (Å²) in [6.07, 6.45) is 3.22. The summed E-state index contributed by atoms with van der Waals surface area (Å²) in [5.74, 6) is -0.0861. The van der Waals surface area contributed by atoms with Crippen LogP contribution in [0.25, 0.3) is 0 Å². The quantitative estimate of drug-likeness (QED) is 0.677. The van der Waals surface area contributed by atoms with E-state index in [1.165, 1.54) is 0 Å². The molecule has 7 heteroatoms. The van der Waals surface area contributed by atoms with Gasteiger partial charge >= 0.3 is 0 Å². The molecule has 1 fully saturated rings. The fraction of sp³-hybridized carbons (Fsp3) is 0.500. The Balaban J connectivity index is 0.00000180. The number of hydrogen-bond acceptors (Lipinski definition) is 4. The Kier molecular flexibility index (Phi) is 7.30. The summed E-state index contributed by atoms with van der Waals surface area (Å²) >= 11 is 3.30. The van der Waals surface area contributed by atoms with E-state index in [9.17, 15) is 4.79 Å². The van der Waals surface area contributed by atoms with E-state index < -0.39 is 0 Å². The lowest BCUT2D eigenvalue weighted by molar-refractivity contribution is -0.0000144. The number of nitrogens with zero attached hydrogens (tertiary/aromatic N) is 2. The number of aromatic nitrogens is 1. The van der Waals surface area contributed by atoms with Crippen molar-refractivity contribution in [3.05, 3.63) is 28.5 Å². The lowest BCUT2D eigenvalue weighted by Gasteiger charge is -2.26. The number of nitrogens with one attached hydrogen (secondary N) is 1. The molecule has 5 nitrogen and oxygen atoms in total. The van der Waals surface area contributed by atoms with Gasteiger partial charge in [-0.05, 0) is 22.0 Å². The summed E-state index contributed by atoms with van der Waals surface area (Å²) in [6, 6.07) is 1.76. The number of pyridine rings is 1. The molecule has 1 aliphatic heterocycles. The second kappa shape index (κ2) is 8.47. The molecule has 0 saturated carbocycles. The van der Waals surface area contributed by atoms with Crippen LogP contribution in [-0.2, 0) is 4.74 Å². The van der Waals surface area contributed by atoms with Gasteiger partial charge in [-0.2, -0.15) is 0 Å². The molecule has 1 aliphatic rings. The van der Waals surface area contributed by atoms with Crippen molar-refractivity contribution < 1.29 is 21.9 Å². The van der Waals surface area contributed by atoms with Gasteiger partial charge < -0.3 is 22.5 Å². The molecule has 1 N–H and O–H groups in total. The molecule has 0 aromatic carbocycles. The maximum Gasteiger partial charge on any atom is 0.252 e. The van der Waals surface area contributed by atoms with E-state index >= 15 is 0 Å². The van der Waals surface area contributed by atoms with E-state index in [1.807, 2.05) is 0 Å². The Morgan fingerprint density at radius 3 is 2.84 bits per heavy atom. The van der Waals surface area contributed by atoms with Crippen LogP contribution in [0.15, 0.2) is 22.9 Å². The smallest absolute Gasteiger partial charge is 0.252 e. The first-order valence-electron chi connectivity index (χ1n) is 5.94. The van der Waals surface area contributed by atoms with Crippen LogP contribution in [0.3, 0.4) is 0 Å². The summed E-state index contributed by atoms with van der Waals surface area (Å²) in [5.41, 5.74) is 0.575. The maximum atomic E-state index is 11.8. The van der Waals surface area contributed by atoms with Gasteiger partial charge in [0.05, 0.1) is 18.8 Å². The van der Waals surface area contributed by atoms with E-state index in [0.29, 0.717) is 12.1 Å². The molecule has 0 aliphatic carbocycles. The molecule has 0 bridgehead atoms. The highest BCUT2D eigenvalue weighted by atomic mass is 79.9. The fourth-order valence-electron chi connectivity index (χ4n) is 1.79. The molecule has 19 heavy (non-hydrogen) atoms. The summed E-state index contributed by atoms with van der Waals surface area (Å²) < 4.78 is 6.08. The molecular weight excluding hydrogens is 334 g/mol. The Morgan fingerprint density at radius 1 is 1.42 bits per heavy atom. The number of carbonyl (C=O) groups is 1. The molecular formula is C12H16BrClN3O2-. The predicted octanol–water partition coefficient (Wildman–Crippen LogP) is -2.09. The van der Waals surface area contributed by atoms with Crippen molar-refractivity contribution in [2.45, 2.75) is 0 Å². The van der Waals surface area contributed by atoms with Gasteiger partial charge in [0.2, 0.25) is 0 Å². The van der Waals surface area contributed by atoms with Gasteiger partial charge in [0.15, 0.2) is 0 Å². The van der Waals surface area contributed by atoms with Gasteiger partial charge in [-0.3, -0.25) is 14.7 Å². The van der Waals surface area contributed by atoms with Crippen molar-refractivity contribution in [3.63, 3.8) is 0 Å². The zero-order valence-electron chi connectivity index (χ0n) is 10.4. The van der Waals surface area contributed by atoms with E-state index in [0.717, 1.165) is 37.3 Å². The normalized spacial score (nSPS) is 15.6. The number of morpholine rings is 1. The topological polar surface area (TPSA) is 54.5 Å². The Hall–Kier alpha value is -0.690. The number of rotatable bonds is 4. The third-order valence-electron chi connectivity index (χ3n) is 2.78. The Labute approximate surface area is 127 Å². The fourth-order valence-corrected chi connectivity index (χ4v) is 2.16. The highest BCUT2D eigenvalue weighted by Crippen LogP contribution is 2.09. The van der Waals surface area contributed by atoms with Crippen LogP contribution in [-0.4, -0.2) is 55.2 Å². The van der Waals surface area contributed by atoms with Gasteiger partial charge in [0, 0.05) is 43.0 Å². The van der Waals surface area contributed by atoms with Crippen molar-refractivity contribution in [1.82, 2.24) is 15.2 Å². The van der Waals surface area contributed by atoms with E-state index in [1.54, 1.807) is 18.5 Å². The van der Waals surface area contributed by atoms with Crippen molar-refractivity contribution >= 4 is 21.8 Å². The molecule has 2 heterocycles. The number of halogens is 2. The van der Waals surface area contributed by atoms with Crippen LogP contribution in [0.2, 0.25) is 0 Å². The highest BCUT2D eigenvalue weighted by molar-refractivity contribution is 9.10.